The zero-order valence-electron chi connectivity index (χ0n) is 14.1. The summed E-state index contributed by atoms with van der Waals surface area (Å²) < 4.78 is 11.0. The molecule has 0 spiro atoms. The molecule has 0 saturated heterocycles. The minimum Gasteiger partial charge on any atom is -0.354 e. The van der Waals surface area contributed by atoms with E-state index in [0.717, 1.165) is 44.9 Å². The molecule has 0 fully saturated rings. The first-order valence-electron chi connectivity index (χ1n) is 8.61. The fraction of sp³-hybridized carbons (Fsp3) is 0. The molecule has 0 unspecified atom stereocenters. The van der Waals surface area contributed by atoms with E-state index in [1.54, 1.807) is 0 Å². The molecule has 1 radical (unpaired) electrons. The van der Waals surface area contributed by atoms with Crippen LogP contribution >= 0.6 is 0 Å². The lowest BCUT2D eigenvalue weighted by atomic mass is 10.1. The highest BCUT2D eigenvalue weighted by molar-refractivity contribution is 6.56. The Hall–Kier alpha value is -3.74. The van der Waals surface area contributed by atoms with Gasteiger partial charge in [-0.25, -0.2) is 0 Å². The molecule has 3 heterocycles. The monoisotopic (exact) mass is 351 g/mol. The van der Waals surface area contributed by atoms with E-state index in [0.29, 0.717) is 0 Å². The van der Waals surface area contributed by atoms with Crippen LogP contribution in [0.5, 0.6) is 0 Å². The van der Waals surface area contributed by atoms with Crippen LogP contribution in [0.1, 0.15) is 0 Å². The van der Waals surface area contributed by atoms with Gasteiger partial charge < -0.3 is 18.7 Å². The number of hydrogen-bond acceptors (Lipinski definition) is 6. The van der Waals surface area contributed by atoms with Gasteiger partial charge in [-0.1, -0.05) is 46.7 Å². The number of rotatable bonds is 2. The van der Waals surface area contributed by atoms with Crippen LogP contribution in [0, 0.1) is 0 Å². The van der Waals surface area contributed by atoms with Crippen LogP contribution in [0.3, 0.4) is 0 Å². The molecule has 6 nitrogen and oxygen atoms in total. The lowest BCUT2D eigenvalue weighted by Crippen LogP contribution is -2.29. The van der Waals surface area contributed by atoms with Crippen molar-refractivity contribution in [3.05, 3.63) is 72.8 Å². The van der Waals surface area contributed by atoms with Gasteiger partial charge in [0.2, 0.25) is 0 Å². The van der Waals surface area contributed by atoms with E-state index < -0.39 is 0 Å². The molecule has 0 saturated carbocycles. The smallest absolute Gasteiger partial charge is 0.354 e. The lowest BCUT2D eigenvalue weighted by molar-refractivity contribution is 0.458. The quantitative estimate of drug-likeness (QED) is 0.426. The largest absolute Gasteiger partial charge is 0.404 e. The summed E-state index contributed by atoms with van der Waals surface area (Å²) in [7, 11) is 1.97. The highest BCUT2D eigenvalue weighted by atomic mass is 16.5. The van der Waals surface area contributed by atoms with Gasteiger partial charge in [0.15, 0.2) is 22.8 Å². The summed E-state index contributed by atoms with van der Waals surface area (Å²) in [6, 6.07) is 23.8. The molecule has 0 amide bonds. The van der Waals surface area contributed by atoms with Crippen LogP contribution in [0.2, 0.25) is 0 Å². The third kappa shape index (κ3) is 2.02. The van der Waals surface area contributed by atoms with Crippen LogP contribution in [-0.2, 0) is 0 Å². The molecule has 127 valence electrons. The molecule has 7 heteroatoms. The number of benzene rings is 3. The predicted octanol–water partition coefficient (Wildman–Crippen LogP) is 4.79. The van der Waals surface area contributed by atoms with Crippen LogP contribution in [0.25, 0.3) is 21.9 Å². The highest BCUT2D eigenvalue weighted by Crippen LogP contribution is 2.45. The molecule has 0 bridgehead atoms. The average molecular weight is 351 g/mol. The van der Waals surface area contributed by atoms with Crippen molar-refractivity contribution in [2.75, 3.05) is 9.62 Å². The predicted molar refractivity (Wildman–Crippen MR) is 104 cm³/mol. The summed E-state index contributed by atoms with van der Waals surface area (Å²) in [6.45, 7) is 0. The van der Waals surface area contributed by atoms with Crippen molar-refractivity contribution < 1.29 is 9.05 Å². The number of fused-ring (bicyclic) bond motifs is 3. The van der Waals surface area contributed by atoms with Gasteiger partial charge in [-0.05, 0) is 36.4 Å². The van der Waals surface area contributed by atoms with Crippen molar-refractivity contribution >= 4 is 52.5 Å². The van der Waals surface area contributed by atoms with E-state index in [1.165, 1.54) is 0 Å². The van der Waals surface area contributed by atoms with E-state index in [2.05, 4.69) is 22.4 Å². The SMILES string of the molecule is [B]1N(c2noc3ccccc23)c2ccccc2N1c1noc2ccccc12. The maximum Gasteiger partial charge on any atom is 0.404 e. The molecule has 1 aliphatic rings. The molecule has 27 heavy (non-hydrogen) atoms. The Bertz CT molecular complexity index is 1200. The van der Waals surface area contributed by atoms with Gasteiger partial charge in [0.05, 0.1) is 22.1 Å². The summed E-state index contributed by atoms with van der Waals surface area (Å²) in [4.78, 5) is 4.04. The van der Waals surface area contributed by atoms with E-state index >= 15 is 0 Å². The topological polar surface area (TPSA) is 58.5 Å². The van der Waals surface area contributed by atoms with Crippen molar-refractivity contribution in [3.8, 4) is 0 Å². The first-order valence-corrected chi connectivity index (χ1v) is 8.61. The molecule has 6 rings (SSSR count). The van der Waals surface area contributed by atoms with Crippen LogP contribution in [0.15, 0.2) is 81.8 Å². The Kier molecular flexibility index (Phi) is 2.88. The van der Waals surface area contributed by atoms with E-state index in [9.17, 15) is 0 Å². The van der Waals surface area contributed by atoms with E-state index in [4.69, 9.17) is 9.05 Å². The molecule has 5 aromatic rings. The average Bonchev–Trinajstić information content (AvgIpc) is 3.42. The Morgan fingerprint density at radius 2 is 1.04 bits per heavy atom. The number of anilines is 4. The van der Waals surface area contributed by atoms with Gasteiger partial charge in [0.25, 0.3) is 0 Å². The first kappa shape index (κ1) is 14.4. The second kappa shape index (κ2) is 5.38. The summed E-state index contributed by atoms with van der Waals surface area (Å²) in [5, 5.41) is 10.5. The fourth-order valence-corrected chi connectivity index (χ4v) is 3.54. The second-order valence-corrected chi connectivity index (χ2v) is 6.35. The zero-order valence-corrected chi connectivity index (χ0v) is 14.1. The first-order chi connectivity index (χ1) is 13.4. The zero-order chi connectivity index (χ0) is 17.8. The fourth-order valence-electron chi connectivity index (χ4n) is 3.54. The molecule has 0 atom stereocenters. The Morgan fingerprint density at radius 3 is 1.56 bits per heavy atom. The molecule has 0 aliphatic carbocycles. The standard InChI is InChI=1S/C20H12BN4O2/c1-5-11-17-13(7-1)19(22-26-17)24-15-9-3-4-10-16(15)25(21-24)20-14-8-2-6-12-18(14)27-23-20/h1-12H. The normalized spacial score (nSPS) is 13.3. The number of nitrogens with zero attached hydrogens (tertiary/aromatic N) is 4. The van der Waals surface area contributed by atoms with Gasteiger partial charge in [-0.2, -0.15) is 0 Å². The summed E-state index contributed by atoms with van der Waals surface area (Å²) >= 11 is 0. The van der Waals surface area contributed by atoms with Gasteiger partial charge in [-0.3, -0.25) is 0 Å². The molecule has 3 aromatic carbocycles. The molecule has 1 aliphatic heterocycles. The van der Waals surface area contributed by atoms with Crippen molar-refractivity contribution in [1.82, 2.24) is 10.3 Å². The van der Waals surface area contributed by atoms with E-state index in [-0.39, 0.29) is 0 Å². The number of para-hydroxylation sites is 4. The Balaban J connectivity index is 1.53. The minimum absolute atomic E-state index is 0.744. The number of hydrogen-bond donors (Lipinski definition) is 0. The highest BCUT2D eigenvalue weighted by Gasteiger charge is 2.34. The van der Waals surface area contributed by atoms with Crippen LogP contribution in [-0.4, -0.2) is 17.9 Å². The van der Waals surface area contributed by atoms with Crippen LogP contribution < -0.4 is 9.62 Å². The Morgan fingerprint density at radius 1 is 0.593 bits per heavy atom. The summed E-state index contributed by atoms with van der Waals surface area (Å²) in [5.74, 6) is 1.49. The second-order valence-electron chi connectivity index (χ2n) is 6.35. The molecular weight excluding hydrogens is 339 g/mol. The van der Waals surface area contributed by atoms with Crippen molar-refractivity contribution in [2.24, 2.45) is 0 Å². The van der Waals surface area contributed by atoms with Crippen molar-refractivity contribution in [2.45, 2.75) is 0 Å². The van der Waals surface area contributed by atoms with Crippen molar-refractivity contribution in [3.63, 3.8) is 0 Å². The van der Waals surface area contributed by atoms with Gasteiger partial charge in [0, 0.05) is 0 Å². The maximum atomic E-state index is 5.51. The molecule has 2 aromatic heterocycles. The summed E-state index contributed by atoms with van der Waals surface area (Å²) in [6.07, 6.45) is 0. The third-order valence-electron chi connectivity index (χ3n) is 4.80. The van der Waals surface area contributed by atoms with Gasteiger partial charge in [0.1, 0.15) is 0 Å². The molecule has 0 N–H and O–H groups in total. The Labute approximate surface area is 154 Å². The summed E-state index contributed by atoms with van der Waals surface area (Å²) in [5.41, 5.74) is 3.51. The van der Waals surface area contributed by atoms with E-state index in [1.807, 2.05) is 77.8 Å². The van der Waals surface area contributed by atoms with Crippen LogP contribution in [0.4, 0.5) is 23.0 Å². The third-order valence-corrected chi connectivity index (χ3v) is 4.80. The van der Waals surface area contributed by atoms with Gasteiger partial charge in [-0.15, -0.1) is 0 Å². The molecular formula is C20H12BN4O2. The maximum absolute atomic E-state index is 5.51. The minimum atomic E-state index is 0.744. The lowest BCUT2D eigenvalue weighted by Gasteiger charge is -2.15. The van der Waals surface area contributed by atoms with Crippen molar-refractivity contribution in [1.29, 1.82) is 0 Å². The number of aromatic nitrogens is 2. The van der Waals surface area contributed by atoms with Gasteiger partial charge >= 0.3 is 7.55 Å².